The van der Waals surface area contributed by atoms with Gasteiger partial charge in [0.25, 0.3) is 0 Å². The van der Waals surface area contributed by atoms with Gasteiger partial charge in [-0.1, -0.05) is 43.2 Å². The molecule has 4 N–H and O–H groups in total. The van der Waals surface area contributed by atoms with Gasteiger partial charge in [0.1, 0.15) is 6.04 Å². The van der Waals surface area contributed by atoms with E-state index in [1.165, 1.54) is 0 Å². The van der Waals surface area contributed by atoms with Crippen LogP contribution in [-0.2, 0) is 20.8 Å². The van der Waals surface area contributed by atoms with Gasteiger partial charge in [0, 0.05) is 19.3 Å². The van der Waals surface area contributed by atoms with Gasteiger partial charge >= 0.3 is 5.97 Å². The fourth-order valence-electron chi connectivity index (χ4n) is 2.30. The first-order chi connectivity index (χ1) is 11.5. The van der Waals surface area contributed by atoms with E-state index in [0.29, 0.717) is 12.8 Å². The Hall–Kier alpha value is -2.41. The molecule has 2 amide bonds. The average molecular weight is 336 g/mol. The lowest BCUT2D eigenvalue weighted by molar-refractivity contribution is -0.141. The number of unbranched alkanes of at least 4 members (excludes halogenated alkanes) is 3. The molecule has 0 spiro atoms. The lowest BCUT2D eigenvalue weighted by Gasteiger charge is -2.14. The van der Waals surface area contributed by atoms with Crippen molar-refractivity contribution in [2.75, 3.05) is 0 Å². The number of amides is 2. The van der Waals surface area contributed by atoms with E-state index in [2.05, 4.69) is 5.32 Å². The number of carboxylic acid groups (broad SMARTS) is 1. The number of nitrogens with one attached hydrogen (secondary N) is 2. The van der Waals surface area contributed by atoms with Crippen LogP contribution in [0.25, 0.3) is 0 Å². The number of carboxylic acids is 1. The van der Waals surface area contributed by atoms with Crippen LogP contribution in [0.3, 0.4) is 0 Å². The molecule has 24 heavy (non-hydrogen) atoms. The van der Waals surface area contributed by atoms with Crippen molar-refractivity contribution in [1.29, 1.82) is 0 Å². The molecular formula is C17H24N2O5. The first kappa shape index (κ1) is 19.6. The summed E-state index contributed by atoms with van der Waals surface area (Å²) >= 11 is 0. The molecule has 0 saturated carbocycles. The summed E-state index contributed by atoms with van der Waals surface area (Å²) in [7, 11) is 0. The van der Waals surface area contributed by atoms with Crippen LogP contribution in [0.1, 0.15) is 44.1 Å². The Balaban J connectivity index is 2.26. The smallest absolute Gasteiger partial charge is 0.326 e. The molecule has 0 unspecified atom stereocenters. The van der Waals surface area contributed by atoms with Crippen LogP contribution in [0, 0.1) is 0 Å². The Labute approximate surface area is 141 Å². The van der Waals surface area contributed by atoms with Gasteiger partial charge in [0.05, 0.1) is 0 Å². The molecule has 0 aliphatic carbocycles. The Bertz CT molecular complexity index is 533. The van der Waals surface area contributed by atoms with E-state index in [1.807, 2.05) is 30.3 Å². The van der Waals surface area contributed by atoms with Gasteiger partial charge in [-0.25, -0.2) is 10.3 Å². The Morgan fingerprint density at radius 1 is 0.917 bits per heavy atom. The number of aliphatic carboxylic acids is 1. The monoisotopic (exact) mass is 336 g/mol. The second-order valence-corrected chi connectivity index (χ2v) is 5.60. The highest BCUT2D eigenvalue weighted by Gasteiger charge is 2.19. The van der Waals surface area contributed by atoms with Gasteiger partial charge in [0.15, 0.2) is 0 Å². The molecule has 0 aromatic heterocycles. The second-order valence-electron chi connectivity index (χ2n) is 5.60. The van der Waals surface area contributed by atoms with Crippen LogP contribution in [-0.4, -0.2) is 34.1 Å². The number of rotatable bonds is 11. The maximum absolute atomic E-state index is 11.9. The number of carbonyl (C=O) groups excluding carboxylic acids is 2. The highest BCUT2D eigenvalue weighted by atomic mass is 16.5. The van der Waals surface area contributed by atoms with Crippen LogP contribution in [0.5, 0.6) is 0 Å². The van der Waals surface area contributed by atoms with Gasteiger partial charge in [-0.15, -0.1) is 0 Å². The first-order valence-electron chi connectivity index (χ1n) is 8.02. The molecule has 1 rings (SSSR count). The molecule has 7 nitrogen and oxygen atoms in total. The van der Waals surface area contributed by atoms with E-state index in [9.17, 15) is 19.5 Å². The summed E-state index contributed by atoms with van der Waals surface area (Å²) in [5.74, 6) is -1.76. The SMILES string of the molecule is O=C(CCCCCCC(=O)N[C@@H](Cc1ccccc1)C(=O)O)NO. The van der Waals surface area contributed by atoms with Gasteiger partial charge in [-0.3, -0.25) is 14.8 Å². The largest absolute Gasteiger partial charge is 0.480 e. The number of hydrogen-bond donors (Lipinski definition) is 4. The van der Waals surface area contributed by atoms with Crippen molar-refractivity contribution in [3.05, 3.63) is 35.9 Å². The minimum absolute atomic E-state index is 0.248. The van der Waals surface area contributed by atoms with Crippen LogP contribution in [0.15, 0.2) is 30.3 Å². The van der Waals surface area contributed by atoms with Crippen molar-refractivity contribution in [1.82, 2.24) is 10.8 Å². The summed E-state index contributed by atoms with van der Waals surface area (Å²) in [5.41, 5.74) is 2.42. The molecular weight excluding hydrogens is 312 g/mol. The minimum atomic E-state index is -1.05. The van der Waals surface area contributed by atoms with E-state index in [0.717, 1.165) is 18.4 Å². The van der Waals surface area contributed by atoms with Crippen LogP contribution < -0.4 is 10.8 Å². The maximum atomic E-state index is 11.9. The number of benzene rings is 1. The maximum Gasteiger partial charge on any atom is 0.326 e. The first-order valence-corrected chi connectivity index (χ1v) is 8.02. The van der Waals surface area contributed by atoms with Crippen molar-refractivity contribution in [3.63, 3.8) is 0 Å². The van der Waals surface area contributed by atoms with Crippen molar-refractivity contribution in [3.8, 4) is 0 Å². The molecule has 0 bridgehead atoms. The second kappa shape index (κ2) is 11.2. The predicted octanol–water partition coefficient (Wildman–Crippen LogP) is 1.64. The summed E-state index contributed by atoms with van der Waals surface area (Å²) in [6.07, 6.45) is 3.56. The fourth-order valence-corrected chi connectivity index (χ4v) is 2.30. The Morgan fingerprint density at radius 2 is 1.50 bits per heavy atom. The average Bonchev–Trinajstić information content (AvgIpc) is 2.57. The van der Waals surface area contributed by atoms with Crippen molar-refractivity contribution < 1.29 is 24.7 Å². The van der Waals surface area contributed by atoms with Gasteiger partial charge in [-0.05, 0) is 18.4 Å². The minimum Gasteiger partial charge on any atom is -0.480 e. The molecule has 0 fully saturated rings. The third-order valence-electron chi connectivity index (χ3n) is 3.60. The lowest BCUT2D eigenvalue weighted by atomic mass is 10.1. The summed E-state index contributed by atoms with van der Waals surface area (Å²) in [6.45, 7) is 0. The normalized spacial score (nSPS) is 11.5. The van der Waals surface area contributed by atoms with Crippen molar-refractivity contribution >= 4 is 17.8 Å². The molecule has 132 valence electrons. The number of hydrogen-bond acceptors (Lipinski definition) is 4. The lowest BCUT2D eigenvalue weighted by Crippen LogP contribution is -2.42. The topological polar surface area (TPSA) is 116 Å². The molecule has 0 radical (unpaired) electrons. The Morgan fingerprint density at radius 3 is 2.04 bits per heavy atom. The van der Waals surface area contributed by atoms with Crippen LogP contribution in [0.4, 0.5) is 0 Å². The van der Waals surface area contributed by atoms with Crippen molar-refractivity contribution in [2.24, 2.45) is 0 Å². The third-order valence-corrected chi connectivity index (χ3v) is 3.60. The third kappa shape index (κ3) is 8.28. The predicted molar refractivity (Wildman–Crippen MR) is 87.3 cm³/mol. The summed E-state index contributed by atoms with van der Waals surface area (Å²) < 4.78 is 0. The zero-order chi connectivity index (χ0) is 17.8. The highest BCUT2D eigenvalue weighted by Crippen LogP contribution is 2.07. The van der Waals surface area contributed by atoms with E-state index in [-0.39, 0.29) is 25.2 Å². The molecule has 7 heteroatoms. The summed E-state index contributed by atoms with van der Waals surface area (Å²) in [5, 5.41) is 20.1. The zero-order valence-electron chi connectivity index (χ0n) is 13.5. The number of hydroxylamine groups is 1. The molecule has 0 heterocycles. The van der Waals surface area contributed by atoms with Gasteiger partial charge in [0.2, 0.25) is 11.8 Å². The van der Waals surface area contributed by atoms with Crippen molar-refractivity contribution in [2.45, 2.75) is 51.0 Å². The molecule has 1 atom stereocenters. The van der Waals surface area contributed by atoms with E-state index < -0.39 is 17.9 Å². The number of carbonyl (C=O) groups is 3. The van der Waals surface area contributed by atoms with Crippen LogP contribution >= 0.6 is 0 Å². The Kier molecular flexibility index (Phi) is 9.14. The van der Waals surface area contributed by atoms with E-state index in [1.54, 1.807) is 5.48 Å². The molecule has 0 saturated heterocycles. The quantitative estimate of drug-likeness (QED) is 0.278. The fraction of sp³-hybridized carbons (Fsp3) is 0.471. The summed E-state index contributed by atoms with van der Waals surface area (Å²) in [4.78, 5) is 33.9. The molecule has 0 aliphatic heterocycles. The van der Waals surface area contributed by atoms with Crippen LogP contribution in [0.2, 0.25) is 0 Å². The van der Waals surface area contributed by atoms with Gasteiger partial charge in [-0.2, -0.15) is 0 Å². The summed E-state index contributed by atoms with van der Waals surface area (Å²) in [6, 6.07) is 8.21. The van der Waals surface area contributed by atoms with E-state index >= 15 is 0 Å². The molecule has 1 aromatic carbocycles. The molecule has 1 aromatic rings. The zero-order valence-corrected chi connectivity index (χ0v) is 13.5. The standard InChI is InChI=1S/C17H24N2O5/c20-15(10-6-1-2-7-11-16(21)19-24)18-14(17(22)23)12-13-8-4-3-5-9-13/h3-5,8-9,14,24H,1-2,6-7,10-12H2,(H,18,20)(H,19,21)(H,22,23)/t14-/m0/s1. The van der Waals surface area contributed by atoms with Gasteiger partial charge < -0.3 is 10.4 Å². The van der Waals surface area contributed by atoms with E-state index in [4.69, 9.17) is 5.21 Å². The molecule has 0 aliphatic rings. The highest BCUT2D eigenvalue weighted by molar-refractivity contribution is 5.83.